The maximum Gasteiger partial charge on any atom is 0.518 e. The number of hydrogen-bond donors (Lipinski definition) is 0. The fourth-order valence-corrected chi connectivity index (χ4v) is 2.85. The summed E-state index contributed by atoms with van der Waals surface area (Å²) in [7, 11) is -5.69. The van der Waals surface area contributed by atoms with Crippen LogP contribution < -0.4 is 5.11 Å². The topological polar surface area (TPSA) is 69.6 Å². The first-order chi connectivity index (χ1) is 11.7. The van der Waals surface area contributed by atoms with Gasteiger partial charge in [-0.15, -0.1) is 6.58 Å². The Kier molecular flexibility index (Phi) is 12.6. The van der Waals surface area contributed by atoms with Gasteiger partial charge >= 0.3 is 15.5 Å². The van der Waals surface area contributed by atoms with Gasteiger partial charge in [-0.1, -0.05) is 63.9 Å². The molecule has 0 fully saturated rings. The standard InChI is InChI=1S/C17H30F3NO3S/c1-2-3-4-5-6-7-8-9-10-11-12-13-14-15-16(22)21-25(23,24)17(18,19)20/h2H,1,3-15H2,(H,21,22)/p-1. The molecule has 0 aliphatic rings. The predicted molar refractivity (Wildman–Crippen MR) is 92.6 cm³/mol. The second kappa shape index (κ2) is 13.2. The second-order valence-corrected chi connectivity index (χ2v) is 7.72. The Labute approximate surface area is 149 Å². The first-order valence-corrected chi connectivity index (χ1v) is 10.3. The van der Waals surface area contributed by atoms with E-state index in [1.807, 2.05) is 6.08 Å². The van der Waals surface area contributed by atoms with Crippen molar-refractivity contribution in [3.05, 3.63) is 12.7 Å². The summed E-state index contributed by atoms with van der Waals surface area (Å²) in [6, 6.07) is 0. The normalized spacial score (nSPS) is 13.2. The third-order valence-electron chi connectivity index (χ3n) is 3.81. The molecule has 0 aromatic heterocycles. The van der Waals surface area contributed by atoms with Crippen molar-refractivity contribution in [3.63, 3.8) is 0 Å². The summed E-state index contributed by atoms with van der Waals surface area (Å²) in [6.45, 7) is 3.69. The summed E-state index contributed by atoms with van der Waals surface area (Å²) >= 11 is 0. The van der Waals surface area contributed by atoms with Gasteiger partial charge in [-0.3, -0.25) is 0 Å². The number of hydrogen-bond acceptors (Lipinski definition) is 3. The zero-order chi connectivity index (χ0) is 19.2. The first kappa shape index (κ1) is 23.9. The molecule has 0 spiro atoms. The number of nitrogens with zero attached hydrogens (tertiary/aromatic N) is 1. The van der Waals surface area contributed by atoms with Gasteiger partial charge in [0.25, 0.3) is 0 Å². The van der Waals surface area contributed by atoms with Crippen LogP contribution in [0.5, 0.6) is 0 Å². The van der Waals surface area contributed by atoms with Crippen molar-refractivity contribution >= 4 is 15.9 Å². The Morgan fingerprint density at radius 3 is 1.68 bits per heavy atom. The highest BCUT2D eigenvalue weighted by molar-refractivity contribution is 7.91. The molecule has 148 valence electrons. The maximum atomic E-state index is 12.0. The van der Waals surface area contributed by atoms with E-state index in [1.54, 1.807) is 0 Å². The smallest absolute Gasteiger partial charge is 0.518 e. The summed E-state index contributed by atoms with van der Waals surface area (Å²) in [5, 5.41) is 11.2. The van der Waals surface area contributed by atoms with E-state index in [4.69, 9.17) is 0 Å². The molecule has 0 rings (SSSR count). The van der Waals surface area contributed by atoms with Gasteiger partial charge in [0.2, 0.25) is 0 Å². The summed E-state index contributed by atoms with van der Waals surface area (Å²) in [4.78, 5) is 0. The molecule has 0 aliphatic heterocycles. The third-order valence-corrected chi connectivity index (χ3v) is 4.84. The third kappa shape index (κ3) is 12.9. The number of alkyl halides is 3. The minimum absolute atomic E-state index is 0.264. The van der Waals surface area contributed by atoms with Crippen LogP contribution in [0.25, 0.3) is 0 Å². The van der Waals surface area contributed by atoms with Crippen molar-refractivity contribution in [1.29, 1.82) is 0 Å². The number of sulfonamides is 1. The highest BCUT2D eigenvalue weighted by Gasteiger charge is 2.45. The molecule has 0 aliphatic carbocycles. The van der Waals surface area contributed by atoms with Crippen molar-refractivity contribution in [2.45, 2.75) is 89.0 Å². The first-order valence-electron chi connectivity index (χ1n) is 8.88. The van der Waals surface area contributed by atoms with Gasteiger partial charge in [-0.2, -0.15) is 26.0 Å². The van der Waals surface area contributed by atoms with Crippen LogP contribution in [0.15, 0.2) is 17.1 Å². The van der Waals surface area contributed by atoms with Crippen LogP contribution in [0.4, 0.5) is 13.2 Å². The lowest BCUT2D eigenvalue weighted by Crippen LogP contribution is -2.26. The minimum Gasteiger partial charge on any atom is -0.861 e. The van der Waals surface area contributed by atoms with E-state index in [0.717, 1.165) is 25.7 Å². The summed E-state index contributed by atoms with van der Waals surface area (Å²) < 4.78 is 59.8. The molecule has 0 radical (unpaired) electrons. The van der Waals surface area contributed by atoms with E-state index in [1.165, 1.54) is 38.5 Å². The van der Waals surface area contributed by atoms with Crippen LogP contribution in [-0.2, 0) is 10.0 Å². The van der Waals surface area contributed by atoms with Crippen molar-refractivity contribution < 1.29 is 26.7 Å². The monoisotopic (exact) mass is 384 g/mol. The lowest BCUT2D eigenvalue weighted by atomic mass is 10.0. The lowest BCUT2D eigenvalue weighted by molar-refractivity contribution is -0.218. The van der Waals surface area contributed by atoms with Crippen LogP contribution in [0.2, 0.25) is 0 Å². The van der Waals surface area contributed by atoms with Gasteiger partial charge in [-0.25, -0.2) is 0 Å². The molecule has 0 atom stereocenters. The zero-order valence-corrected chi connectivity index (χ0v) is 15.5. The average Bonchev–Trinajstić information content (AvgIpc) is 2.50. The quantitative estimate of drug-likeness (QED) is 0.175. The van der Waals surface area contributed by atoms with E-state index in [-0.39, 0.29) is 6.42 Å². The Hall–Kier alpha value is -1.05. The molecule has 8 heteroatoms. The number of allylic oxidation sites excluding steroid dienone is 1. The summed E-state index contributed by atoms with van der Waals surface area (Å²) in [5.41, 5.74) is -5.51. The molecule has 0 aromatic rings. The Bertz CT molecular complexity index is 488. The number of rotatable bonds is 15. The van der Waals surface area contributed by atoms with E-state index >= 15 is 0 Å². The van der Waals surface area contributed by atoms with E-state index in [9.17, 15) is 26.7 Å². The number of unbranched alkanes of at least 4 members (excludes halogenated alkanes) is 11. The molecule has 0 bridgehead atoms. The van der Waals surface area contributed by atoms with Gasteiger partial charge in [-0.05, 0) is 31.6 Å². The average molecular weight is 384 g/mol. The fraction of sp³-hybridized carbons (Fsp3) is 0.824. The second-order valence-electron chi connectivity index (χ2n) is 6.12. The highest BCUT2D eigenvalue weighted by Crippen LogP contribution is 2.24. The van der Waals surface area contributed by atoms with Crippen molar-refractivity contribution in [1.82, 2.24) is 0 Å². The van der Waals surface area contributed by atoms with Gasteiger partial charge in [0.05, 0.1) is 0 Å². The summed E-state index contributed by atoms with van der Waals surface area (Å²) in [6.07, 6.45) is 14.1. The molecule has 0 N–H and O–H groups in total. The molecule has 0 saturated carbocycles. The molecular formula is C17H29F3NO3S-. The van der Waals surface area contributed by atoms with Gasteiger partial charge in [0.15, 0.2) is 0 Å². The largest absolute Gasteiger partial charge is 0.861 e. The molecule has 25 heavy (non-hydrogen) atoms. The molecule has 0 aromatic carbocycles. The zero-order valence-electron chi connectivity index (χ0n) is 14.7. The number of halogens is 3. The van der Waals surface area contributed by atoms with Crippen LogP contribution in [-0.4, -0.2) is 19.8 Å². The molecule has 0 amide bonds. The van der Waals surface area contributed by atoms with E-state index in [0.29, 0.717) is 12.8 Å². The molecule has 0 unspecified atom stereocenters. The molecule has 0 heterocycles. The fourth-order valence-electron chi connectivity index (χ4n) is 2.39. The predicted octanol–water partition coefficient (Wildman–Crippen LogP) is 4.85. The van der Waals surface area contributed by atoms with Crippen LogP contribution in [0.1, 0.15) is 83.5 Å². The SMILES string of the molecule is C=CCCCCCCCCCCCCC/C([O-])=N/S(=O)(=O)C(F)(F)F. The van der Waals surface area contributed by atoms with Crippen molar-refractivity contribution in [2.24, 2.45) is 4.40 Å². The summed E-state index contributed by atoms with van der Waals surface area (Å²) in [5.74, 6) is -1.23. The van der Waals surface area contributed by atoms with Crippen LogP contribution in [0.3, 0.4) is 0 Å². The Morgan fingerprint density at radius 1 is 0.880 bits per heavy atom. The van der Waals surface area contributed by atoms with E-state index in [2.05, 4.69) is 11.0 Å². The lowest BCUT2D eigenvalue weighted by Gasteiger charge is -2.11. The Balaban J connectivity index is 3.57. The maximum absolute atomic E-state index is 12.0. The Morgan fingerprint density at radius 2 is 1.28 bits per heavy atom. The van der Waals surface area contributed by atoms with Crippen molar-refractivity contribution in [3.8, 4) is 0 Å². The van der Waals surface area contributed by atoms with Crippen LogP contribution in [0, 0.1) is 0 Å². The van der Waals surface area contributed by atoms with Crippen LogP contribution >= 0.6 is 0 Å². The molecular weight excluding hydrogens is 355 g/mol. The van der Waals surface area contributed by atoms with Gasteiger partial charge in [0, 0.05) is 0 Å². The van der Waals surface area contributed by atoms with Crippen molar-refractivity contribution in [2.75, 3.05) is 0 Å². The highest BCUT2D eigenvalue weighted by atomic mass is 32.2. The molecule has 4 nitrogen and oxygen atoms in total. The molecule has 0 saturated heterocycles. The van der Waals surface area contributed by atoms with Gasteiger partial charge in [0.1, 0.15) is 0 Å². The minimum atomic E-state index is -5.69. The van der Waals surface area contributed by atoms with E-state index < -0.39 is 21.4 Å². The van der Waals surface area contributed by atoms with Gasteiger partial charge < -0.3 is 5.11 Å².